The zero-order chi connectivity index (χ0) is 23.8. The molecule has 4 rings (SSSR count). The van der Waals surface area contributed by atoms with E-state index in [9.17, 15) is 9.59 Å². The molecular formula is C24H41N3O5. The summed E-state index contributed by atoms with van der Waals surface area (Å²) in [6.07, 6.45) is 4.86. The quantitative estimate of drug-likeness (QED) is 0.691. The largest absolute Gasteiger partial charge is 0.444 e. The van der Waals surface area contributed by atoms with E-state index in [4.69, 9.17) is 15.6 Å². The van der Waals surface area contributed by atoms with Crippen molar-refractivity contribution in [1.29, 1.82) is 0 Å². The van der Waals surface area contributed by atoms with Crippen LogP contribution in [0.3, 0.4) is 0 Å². The maximum absolute atomic E-state index is 13.8. The average molecular weight is 453 g/mol. The van der Waals surface area contributed by atoms with Crippen molar-refractivity contribution in [3.63, 3.8) is 0 Å². The van der Waals surface area contributed by atoms with Crippen LogP contribution in [0.15, 0.2) is 0 Å². The highest BCUT2D eigenvalue weighted by Gasteiger charge is 2.53. The summed E-state index contributed by atoms with van der Waals surface area (Å²) in [5, 5.41) is 3.74. The second-order valence-corrected chi connectivity index (χ2v) is 11.0. The first-order valence-electron chi connectivity index (χ1n) is 12.9. The number of amides is 2. The molecule has 32 heavy (non-hydrogen) atoms. The minimum absolute atomic E-state index is 0.0584. The molecule has 0 radical (unpaired) electrons. The Kier molecular flexibility index (Phi) is 6.38. The molecule has 0 unspecified atom stereocenters. The lowest BCUT2D eigenvalue weighted by atomic mass is 9.81. The monoisotopic (exact) mass is 452 g/mol. The first-order chi connectivity index (χ1) is 15.7. The number of hydrogen-bond donors (Lipinski definition) is 1. The number of carbonyl (C=O) groups excluding carboxylic acids is 2. The standard InChI is InChI=1S/C24H41N3O5/c1-6-24(9-7-16(12-24)25-19-8-10-31-15-20(19)30-5)21(28)26-13-18-11-17(26)14-27(18)22(29)32-23(2,3)4/h16-20,25H,6-15H2,1-5H3/t16-,17+,18+,19+,20-,24+/m1/s1/i5D. The molecule has 3 aliphatic heterocycles. The molecule has 0 aromatic heterocycles. The predicted molar refractivity (Wildman–Crippen MR) is 120 cm³/mol. The molecule has 3 saturated heterocycles. The van der Waals surface area contributed by atoms with Gasteiger partial charge in [0.25, 0.3) is 0 Å². The summed E-state index contributed by atoms with van der Waals surface area (Å²) < 4.78 is 24.1. The molecule has 4 aliphatic rings. The van der Waals surface area contributed by atoms with Gasteiger partial charge in [0.05, 0.1) is 31.6 Å². The summed E-state index contributed by atoms with van der Waals surface area (Å²) >= 11 is 0. The molecule has 0 aromatic rings. The minimum Gasteiger partial charge on any atom is -0.444 e. The van der Waals surface area contributed by atoms with Crippen molar-refractivity contribution in [3.8, 4) is 0 Å². The smallest absolute Gasteiger partial charge is 0.410 e. The van der Waals surface area contributed by atoms with Gasteiger partial charge in [-0.1, -0.05) is 6.92 Å². The molecule has 2 bridgehead atoms. The van der Waals surface area contributed by atoms with E-state index < -0.39 is 5.60 Å². The van der Waals surface area contributed by atoms with Crippen molar-refractivity contribution < 1.29 is 25.2 Å². The maximum Gasteiger partial charge on any atom is 0.410 e. The minimum atomic E-state index is -0.512. The summed E-state index contributed by atoms with van der Waals surface area (Å²) in [4.78, 5) is 30.2. The van der Waals surface area contributed by atoms with Crippen molar-refractivity contribution in [2.24, 2.45) is 5.41 Å². The number of carbonyl (C=O) groups is 2. The van der Waals surface area contributed by atoms with Crippen molar-refractivity contribution in [3.05, 3.63) is 0 Å². The second-order valence-electron chi connectivity index (χ2n) is 11.0. The molecule has 3 heterocycles. The Morgan fingerprint density at radius 1 is 1.22 bits per heavy atom. The number of rotatable bonds is 5. The summed E-state index contributed by atoms with van der Waals surface area (Å²) in [5.41, 5.74) is -0.850. The fourth-order valence-corrected chi connectivity index (χ4v) is 6.07. The first-order valence-corrected chi connectivity index (χ1v) is 12.2. The van der Waals surface area contributed by atoms with Crippen LogP contribution >= 0.6 is 0 Å². The summed E-state index contributed by atoms with van der Waals surface area (Å²) in [7, 11) is -0.0634. The fraction of sp³-hybridized carbons (Fsp3) is 0.917. The molecule has 1 saturated carbocycles. The van der Waals surface area contributed by atoms with Gasteiger partial charge in [-0.3, -0.25) is 4.79 Å². The highest BCUT2D eigenvalue weighted by molar-refractivity contribution is 5.84. The van der Waals surface area contributed by atoms with E-state index >= 15 is 0 Å². The predicted octanol–water partition coefficient (Wildman–Crippen LogP) is 2.55. The third-order valence-electron chi connectivity index (χ3n) is 7.84. The van der Waals surface area contributed by atoms with Gasteiger partial charge in [-0.15, -0.1) is 0 Å². The molecule has 8 nitrogen and oxygen atoms in total. The molecule has 8 heteroatoms. The van der Waals surface area contributed by atoms with Crippen molar-refractivity contribution in [2.45, 2.75) is 102 Å². The van der Waals surface area contributed by atoms with Gasteiger partial charge < -0.3 is 29.3 Å². The first kappa shape index (κ1) is 22.4. The van der Waals surface area contributed by atoms with Gasteiger partial charge in [-0.2, -0.15) is 0 Å². The topological polar surface area (TPSA) is 80.3 Å². The van der Waals surface area contributed by atoms with Crippen LogP contribution in [0, 0.1) is 5.41 Å². The van der Waals surface area contributed by atoms with Gasteiger partial charge in [0, 0.05) is 38.9 Å². The van der Waals surface area contributed by atoms with E-state index in [0.717, 1.165) is 38.5 Å². The number of fused-ring (bicyclic) bond motifs is 2. The van der Waals surface area contributed by atoms with Crippen LogP contribution < -0.4 is 5.32 Å². The normalized spacial score (nSPS) is 37.6. The Morgan fingerprint density at radius 3 is 2.62 bits per heavy atom. The Balaban J connectivity index is 1.35. The third-order valence-corrected chi connectivity index (χ3v) is 7.84. The number of ether oxygens (including phenoxy) is 3. The SMILES string of the molecule is [2H]CO[C@@H]1COCC[C@@H]1N[C@@H]1CC[C@](CC)(C(=O)N2C[C@@H]3C[C@H]2CN3C(=O)OC(C)(C)C)C1. The van der Waals surface area contributed by atoms with E-state index in [1.807, 2.05) is 25.7 Å². The van der Waals surface area contributed by atoms with Gasteiger partial charge in [0.1, 0.15) is 5.60 Å². The van der Waals surface area contributed by atoms with E-state index in [-0.39, 0.29) is 54.8 Å². The Hall–Kier alpha value is -1.38. The van der Waals surface area contributed by atoms with Crippen LogP contribution in [-0.2, 0) is 19.0 Å². The lowest BCUT2D eigenvalue weighted by Gasteiger charge is -2.40. The van der Waals surface area contributed by atoms with Crippen LogP contribution in [0.2, 0.25) is 0 Å². The number of hydrogen-bond acceptors (Lipinski definition) is 6. The maximum atomic E-state index is 13.8. The second kappa shape index (κ2) is 9.11. The van der Waals surface area contributed by atoms with Crippen LogP contribution in [0.1, 0.15) is 67.6 Å². The van der Waals surface area contributed by atoms with E-state index in [1.165, 1.54) is 0 Å². The van der Waals surface area contributed by atoms with Gasteiger partial charge in [-0.05, 0) is 59.3 Å². The number of piperazine rings is 1. The van der Waals surface area contributed by atoms with Gasteiger partial charge >= 0.3 is 6.09 Å². The van der Waals surface area contributed by atoms with Crippen LogP contribution in [0.4, 0.5) is 4.79 Å². The molecule has 182 valence electrons. The van der Waals surface area contributed by atoms with Crippen molar-refractivity contribution >= 4 is 12.0 Å². The fourth-order valence-electron chi connectivity index (χ4n) is 6.07. The highest BCUT2D eigenvalue weighted by Crippen LogP contribution is 2.45. The van der Waals surface area contributed by atoms with Crippen molar-refractivity contribution in [2.75, 3.05) is 33.4 Å². The highest BCUT2D eigenvalue weighted by atomic mass is 16.6. The zero-order valence-electron chi connectivity index (χ0n) is 21.1. The Morgan fingerprint density at radius 2 is 1.97 bits per heavy atom. The zero-order valence-corrected chi connectivity index (χ0v) is 20.1. The lowest BCUT2D eigenvalue weighted by molar-refractivity contribution is -0.144. The summed E-state index contributed by atoms with van der Waals surface area (Å²) in [5.74, 6) is 0.261. The number of nitrogens with zero attached hydrogens (tertiary/aromatic N) is 2. The van der Waals surface area contributed by atoms with Crippen LogP contribution in [-0.4, -0.2) is 91.1 Å². The molecule has 0 spiro atoms. The Bertz CT molecular complexity index is 729. The lowest BCUT2D eigenvalue weighted by Crippen LogP contribution is -2.55. The number of nitrogens with one attached hydrogen (secondary N) is 1. The van der Waals surface area contributed by atoms with E-state index in [0.29, 0.717) is 26.3 Å². The third kappa shape index (κ3) is 4.64. The molecule has 4 fully saturated rings. The molecular weight excluding hydrogens is 410 g/mol. The van der Waals surface area contributed by atoms with Crippen LogP contribution in [0.5, 0.6) is 0 Å². The summed E-state index contributed by atoms with van der Waals surface area (Å²) in [6.45, 7) is 10.2. The molecule has 1 N–H and O–H groups in total. The molecule has 2 amide bonds. The van der Waals surface area contributed by atoms with E-state index in [1.54, 1.807) is 0 Å². The van der Waals surface area contributed by atoms with Gasteiger partial charge in [0.2, 0.25) is 5.91 Å². The van der Waals surface area contributed by atoms with Crippen LogP contribution in [0.25, 0.3) is 0 Å². The van der Waals surface area contributed by atoms with Crippen molar-refractivity contribution in [1.82, 2.24) is 15.1 Å². The van der Waals surface area contributed by atoms with Gasteiger partial charge in [-0.25, -0.2) is 4.79 Å². The molecule has 0 aromatic carbocycles. The number of likely N-dealkylation sites (tertiary alicyclic amines) is 2. The van der Waals surface area contributed by atoms with Gasteiger partial charge in [0.15, 0.2) is 0 Å². The average Bonchev–Trinajstić information content (AvgIpc) is 3.48. The molecule has 1 aliphatic carbocycles. The molecule has 6 atom stereocenters. The Labute approximate surface area is 193 Å². The number of methoxy groups -OCH3 is 1. The summed E-state index contributed by atoms with van der Waals surface area (Å²) in [6, 6.07) is 0.591. The van der Waals surface area contributed by atoms with E-state index in [2.05, 4.69) is 17.1 Å².